The SMILES string of the molecule is COc1ccc2nccc(Nc3ccc(O)c(CN4CCOCC4)c3)c2c1. The quantitative estimate of drug-likeness (QED) is 0.675. The summed E-state index contributed by atoms with van der Waals surface area (Å²) in [6.45, 7) is 3.94. The lowest BCUT2D eigenvalue weighted by Gasteiger charge is -2.27. The molecule has 27 heavy (non-hydrogen) atoms. The number of hydrogen-bond acceptors (Lipinski definition) is 6. The summed E-state index contributed by atoms with van der Waals surface area (Å²) in [6, 6.07) is 13.4. The molecule has 0 aliphatic carbocycles. The average molecular weight is 365 g/mol. The van der Waals surface area contributed by atoms with Crippen molar-refractivity contribution >= 4 is 22.3 Å². The van der Waals surface area contributed by atoms with Crippen molar-refractivity contribution < 1.29 is 14.6 Å². The van der Waals surface area contributed by atoms with Crippen molar-refractivity contribution in [2.45, 2.75) is 6.54 Å². The Labute approximate surface area is 158 Å². The van der Waals surface area contributed by atoms with Gasteiger partial charge >= 0.3 is 0 Å². The van der Waals surface area contributed by atoms with Gasteiger partial charge in [-0.2, -0.15) is 0 Å². The van der Waals surface area contributed by atoms with Crippen LogP contribution < -0.4 is 10.1 Å². The van der Waals surface area contributed by atoms with Crippen LogP contribution in [0.15, 0.2) is 48.7 Å². The van der Waals surface area contributed by atoms with Crippen LogP contribution >= 0.6 is 0 Å². The minimum atomic E-state index is 0.313. The summed E-state index contributed by atoms with van der Waals surface area (Å²) in [7, 11) is 1.66. The van der Waals surface area contributed by atoms with E-state index in [0.29, 0.717) is 12.3 Å². The van der Waals surface area contributed by atoms with Crippen LogP contribution in [0.5, 0.6) is 11.5 Å². The van der Waals surface area contributed by atoms with Crippen molar-refractivity contribution in [3.63, 3.8) is 0 Å². The molecule has 0 atom stereocenters. The number of phenols is 1. The van der Waals surface area contributed by atoms with E-state index in [1.807, 2.05) is 36.4 Å². The molecule has 4 rings (SSSR count). The van der Waals surface area contributed by atoms with Gasteiger partial charge in [0.05, 0.1) is 25.8 Å². The predicted molar refractivity (Wildman–Crippen MR) is 106 cm³/mol. The second kappa shape index (κ2) is 7.82. The van der Waals surface area contributed by atoms with E-state index in [1.54, 1.807) is 19.4 Å². The lowest BCUT2D eigenvalue weighted by molar-refractivity contribution is 0.0339. The Morgan fingerprint density at radius 1 is 1.15 bits per heavy atom. The number of nitrogens with zero attached hydrogens (tertiary/aromatic N) is 2. The first kappa shape index (κ1) is 17.6. The fourth-order valence-corrected chi connectivity index (χ4v) is 3.31. The number of ether oxygens (including phenoxy) is 2. The highest BCUT2D eigenvalue weighted by Gasteiger charge is 2.13. The molecule has 6 heteroatoms. The second-order valence-electron chi connectivity index (χ2n) is 6.60. The molecular weight excluding hydrogens is 342 g/mol. The van der Waals surface area contributed by atoms with Gasteiger partial charge in [-0.25, -0.2) is 0 Å². The molecule has 3 aromatic rings. The second-order valence-corrected chi connectivity index (χ2v) is 6.60. The minimum absolute atomic E-state index is 0.313. The van der Waals surface area contributed by atoms with E-state index >= 15 is 0 Å². The van der Waals surface area contributed by atoms with E-state index in [-0.39, 0.29) is 0 Å². The number of methoxy groups -OCH3 is 1. The van der Waals surface area contributed by atoms with E-state index in [2.05, 4.69) is 15.2 Å². The average Bonchev–Trinajstić information content (AvgIpc) is 2.71. The normalized spacial score (nSPS) is 15.0. The van der Waals surface area contributed by atoms with Crippen molar-refractivity contribution in [1.29, 1.82) is 0 Å². The zero-order valence-electron chi connectivity index (χ0n) is 15.3. The molecule has 0 spiro atoms. The van der Waals surface area contributed by atoms with Crippen molar-refractivity contribution in [2.75, 3.05) is 38.7 Å². The van der Waals surface area contributed by atoms with Gasteiger partial charge in [-0.3, -0.25) is 9.88 Å². The third kappa shape index (κ3) is 3.97. The molecule has 0 amide bonds. The Kier molecular flexibility index (Phi) is 5.09. The third-order valence-electron chi connectivity index (χ3n) is 4.80. The first-order valence-electron chi connectivity index (χ1n) is 9.05. The molecule has 0 bridgehead atoms. The molecule has 1 aromatic heterocycles. The number of morpholine rings is 1. The number of fused-ring (bicyclic) bond motifs is 1. The summed E-state index contributed by atoms with van der Waals surface area (Å²) in [5.41, 5.74) is 3.67. The van der Waals surface area contributed by atoms with Gasteiger partial charge in [0.2, 0.25) is 0 Å². The lowest BCUT2D eigenvalue weighted by Crippen LogP contribution is -2.35. The number of rotatable bonds is 5. The van der Waals surface area contributed by atoms with Crippen LogP contribution in [0.4, 0.5) is 11.4 Å². The molecule has 1 fully saturated rings. The van der Waals surface area contributed by atoms with Crippen LogP contribution in [-0.4, -0.2) is 48.4 Å². The van der Waals surface area contributed by atoms with Gasteiger partial charge in [0.1, 0.15) is 11.5 Å². The zero-order valence-corrected chi connectivity index (χ0v) is 15.3. The maximum absolute atomic E-state index is 10.3. The molecule has 6 nitrogen and oxygen atoms in total. The van der Waals surface area contributed by atoms with Crippen LogP contribution in [0.3, 0.4) is 0 Å². The molecule has 140 valence electrons. The van der Waals surface area contributed by atoms with Crippen LogP contribution in [0.2, 0.25) is 0 Å². The number of anilines is 2. The topological polar surface area (TPSA) is 66.8 Å². The fourth-order valence-electron chi connectivity index (χ4n) is 3.31. The van der Waals surface area contributed by atoms with Crippen LogP contribution in [-0.2, 0) is 11.3 Å². The van der Waals surface area contributed by atoms with E-state index < -0.39 is 0 Å². The fraction of sp³-hybridized carbons (Fsp3) is 0.286. The van der Waals surface area contributed by atoms with Gasteiger partial charge in [0.15, 0.2) is 0 Å². The highest BCUT2D eigenvalue weighted by atomic mass is 16.5. The van der Waals surface area contributed by atoms with Gasteiger partial charge in [0, 0.05) is 48.2 Å². The Balaban J connectivity index is 1.61. The standard InChI is InChI=1S/C21H23N3O3/c1-26-17-3-4-19-18(13-17)20(6-7-22-19)23-16-2-5-21(25)15(12-16)14-24-8-10-27-11-9-24/h2-7,12-13,25H,8-11,14H2,1H3,(H,22,23). The van der Waals surface area contributed by atoms with E-state index in [9.17, 15) is 5.11 Å². The summed E-state index contributed by atoms with van der Waals surface area (Å²) < 4.78 is 10.7. The number of benzene rings is 2. The maximum Gasteiger partial charge on any atom is 0.120 e. The number of nitrogens with one attached hydrogen (secondary N) is 1. The largest absolute Gasteiger partial charge is 0.508 e. The number of hydrogen-bond donors (Lipinski definition) is 2. The highest BCUT2D eigenvalue weighted by Crippen LogP contribution is 2.30. The van der Waals surface area contributed by atoms with Gasteiger partial charge in [-0.1, -0.05) is 0 Å². The molecular formula is C21H23N3O3. The molecule has 2 N–H and O–H groups in total. The van der Waals surface area contributed by atoms with Crippen molar-refractivity contribution in [3.05, 3.63) is 54.2 Å². The lowest BCUT2D eigenvalue weighted by atomic mass is 10.1. The van der Waals surface area contributed by atoms with Gasteiger partial charge in [-0.05, 0) is 42.5 Å². The predicted octanol–water partition coefficient (Wildman–Crippen LogP) is 3.52. The van der Waals surface area contributed by atoms with Crippen LogP contribution in [0.25, 0.3) is 10.9 Å². The molecule has 0 saturated carbocycles. The van der Waals surface area contributed by atoms with Crippen molar-refractivity contribution in [1.82, 2.24) is 9.88 Å². The van der Waals surface area contributed by atoms with Gasteiger partial charge < -0.3 is 19.9 Å². The van der Waals surface area contributed by atoms with Crippen molar-refractivity contribution in [2.24, 2.45) is 0 Å². The smallest absolute Gasteiger partial charge is 0.120 e. The number of pyridine rings is 1. The van der Waals surface area contributed by atoms with Crippen molar-refractivity contribution in [3.8, 4) is 11.5 Å². The van der Waals surface area contributed by atoms with Gasteiger partial charge in [-0.15, -0.1) is 0 Å². The highest BCUT2D eigenvalue weighted by molar-refractivity contribution is 5.93. The monoisotopic (exact) mass is 365 g/mol. The Morgan fingerprint density at radius 3 is 2.81 bits per heavy atom. The molecule has 0 unspecified atom stereocenters. The number of phenolic OH excluding ortho intramolecular Hbond substituents is 1. The zero-order chi connectivity index (χ0) is 18.6. The van der Waals surface area contributed by atoms with E-state index in [0.717, 1.165) is 59.9 Å². The maximum atomic E-state index is 10.3. The molecule has 1 aliphatic rings. The van der Waals surface area contributed by atoms with Crippen LogP contribution in [0, 0.1) is 0 Å². The van der Waals surface area contributed by atoms with Crippen LogP contribution in [0.1, 0.15) is 5.56 Å². The third-order valence-corrected chi connectivity index (χ3v) is 4.80. The molecule has 2 aromatic carbocycles. The Hall–Kier alpha value is -2.83. The first-order valence-corrected chi connectivity index (χ1v) is 9.05. The summed E-state index contributed by atoms with van der Waals surface area (Å²) >= 11 is 0. The minimum Gasteiger partial charge on any atom is -0.508 e. The van der Waals surface area contributed by atoms with E-state index in [1.165, 1.54) is 0 Å². The number of aromatic nitrogens is 1. The molecule has 1 saturated heterocycles. The Morgan fingerprint density at radius 2 is 2.00 bits per heavy atom. The van der Waals surface area contributed by atoms with E-state index in [4.69, 9.17) is 9.47 Å². The molecule has 0 radical (unpaired) electrons. The summed E-state index contributed by atoms with van der Waals surface area (Å²) in [4.78, 5) is 6.70. The van der Waals surface area contributed by atoms with Gasteiger partial charge in [0.25, 0.3) is 0 Å². The molecule has 2 heterocycles. The summed E-state index contributed by atoms with van der Waals surface area (Å²) in [5, 5.41) is 14.7. The first-order chi connectivity index (χ1) is 13.2. The summed E-state index contributed by atoms with van der Waals surface area (Å²) in [5.74, 6) is 1.10. The molecule has 1 aliphatic heterocycles. The number of aromatic hydroxyl groups is 1. The summed E-state index contributed by atoms with van der Waals surface area (Å²) in [6.07, 6.45) is 1.78. The Bertz CT molecular complexity index is 939.